The van der Waals surface area contributed by atoms with Gasteiger partial charge >= 0.3 is 5.97 Å². The summed E-state index contributed by atoms with van der Waals surface area (Å²) >= 11 is 12.0. The Morgan fingerprint density at radius 2 is 1.82 bits per heavy atom. The highest BCUT2D eigenvalue weighted by Crippen LogP contribution is 2.31. The fraction of sp³-hybridized carbons (Fsp3) is 0.350. The van der Waals surface area contributed by atoms with Crippen molar-refractivity contribution in [3.63, 3.8) is 0 Å². The second kappa shape index (κ2) is 10.5. The lowest BCUT2D eigenvalue weighted by Gasteiger charge is -2.18. The van der Waals surface area contributed by atoms with Crippen molar-refractivity contribution < 1.29 is 19.4 Å². The number of carbonyl (C=O) groups is 1. The second-order valence-electron chi connectivity index (χ2n) is 6.44. The molecular formula is C20H24Cl2N2O4. The third kappa shape index (κ3) is 6.56. The smallest absolute Gasteiger partial charge is 0.343 e. The van der Waals surface area contributed by atoms with E-state index >= 15 is 0 Å². The van der Waals surface area contributed by atoms with Crippen LogP contribution in [0.5, 0.6) is 5.75 Å². The lowest BCUT2D eigenvalue weighted by Crippen LogP contribution is -2.32. The van der Waals surface area contributed by atoms with Crippen LogP contribution in [0.1, 0.15) is 24.2 Å². The maximum Gasteiger partial charge on any atom is 0.343 e. The molecule has 2 aromatic carbocycles. The van der Waals surface area contributed by atoms with E-state index in [0.29, 0.717) is 33.6 Å². The van der Waals surface area contributed by atoms with Crippen molar-refractivity contribution in [1.29, 1.82) is 0 Å². The van der Waals surface area contributed by atoms with E-state index in [9.17, 15) is 9.90 Å². The number of hydrogen-bond acceptors (Lipinski definition) is 6. The van der Waals surface area contributed by atoms with Crippen LogP contribution in [-0.2, 0) is 16.0 Å². The van der Waals surface area contributed by atoms with E-state index < -0.39 is 12.1 Å². The number of ether oxygens (including phenoxy) is 2. The Bertz CT molecular complexity index is 776. The van der Waals surface area contributed by atoms with Gasteiger partial charge in [-0.1, -0.05) is 35.3 Å². The lowest BCUT2D eigenvalue weighted by molar-refractivity contribution is -0.142. The summed E-state index contributed by atoms with van der Waals surface area (Å²) in [5.74, 6) is 0.173. The number of nitrogens with one attached hydrogen (secondary N) is 1. The number of aliphatic hydroxyl groups excluding tert-OH is 1. The summed E-state index contributed by atoms with van der Waals surface area (Å²) in [7, 11) is 1.32. The number of methoxy groups -OCH3 is 1. The van der Waals surface area contributed by atoms with Crippen LogP contribution >= 0.6 is 23.2 Å². The van der Waals surface area contributed by atoms with E-state index in [-0.39, 0.29) is 12.6 Å². The minimum Gasteiger partial charge on any atom is -0.482 e. The first-order valence-electron chi connectivity index (χ1n) is 8.74. The van der Waals surface area contributed by atoms with Gasteiger partial charge in [0.25, 0.3) is 0 Å². The van der Waals surface area contributed by atoms with Gasteiger partial charge in [0.05, 0.1) is 28.9 Å². The topological polar surface area (TPSA) is 93.8 Å². The van der Waals surface area contributed by atoms with Gasteiger partial charge < -0.3 is 25.6 Å². The maximum atomic E-state index is 11.1. The van der Waals surface area contributed by atoms with Gasteiger partial charge in [-0.3, -0.25) is 0 Å². The molecule has 2 aromatic rings. The Hall–Kier alpha value is -1.99. The number of rotatable bonds is 9. The molecule has 28 heavy (non-hydrogen) atoms. The number of hydrogen-bond donors (Lipinski definition) is 3. The lowest BCUT2D eigenvalue weighted by atomic mass is 10.1. The molecule has 152 valence electrons. The van der Waals surface area contributed by atoms with Crippen LogP contribution in [0, 0.1) is 0 Å². The molecule has 8 heteroatoms. The van der Waals surface area contributed by atoms with Crippen LogP contribution in [-0.4, -0.2) is 37.4 Å². The fourth-order valence-corrected chi connectivity index (χ4v) is 3.08. The summed E-state index contributed by atoms with van der Waals surface area (Å²) in [6, 6.07) is 10.8. The SMILES string of the molecule is COC(=O)COc1ccc(CC(C)NCC(O)c2cc(Cl)c(N)c(Cl)c2)cc1. The minimum absolute atomic E-state index is 0.120. The first-order chi connectivity index (χ1) is 13.3. The Morgan fingerprint density at radius 1 is 1.21 bits per heavy atom. The second-order valence-corrected chi connectivity index (χ2v) is 7.25. The first kappa shape index (κ1) is 22.3. The molecule has 0 fully saturated rings. The molecule has 0 bridgehead atoms. The number of nitrogens with two attached hydrogens (primary N) is 1. The summed E-state index contributed by atoms with van der Waals surface area (Å²) < 4.78 is 9.85. The number of anilines is 1. The van der Waals surface area contributed by atoms with Crippen molar-refractivity contribution in [3.05, 3.63) is 57.6 Å². The molecule has 2 atom stereocenters. The predicted octanol–water partition coefficient (Wildman–Crippen LogP) is 3.38. The Labute approximate surface area is 174 Å². The zero-order valence-corrected chi connectivity index (χ0v) is 17.3. The Morgan fingerprint density at radius 3 is 2.39 bits per heavy atom. The summed E-state index contributed by atoms with van der Waals surface area (Å²) in [5, 5.41) is 14.3. The van der Waals surface area contributed by atoms with Crippen LogP contribution in [0.15, 0.2) is 36.4 Å². The zero-order valence-electron chi connectivity index (χ0n) is 15.7. The van der Waals surface area contributed by atoms with Crippen molar-refractivity contribution in [2.75, 3.05) is 26.0 Å². The highest BCUT2D eigenvalue weighted by Gasteiger charge is 2.14. The Balaban J connectivity index is 1.83. The summed E-state index contributed by atoms with van der Waals surface area (Å²) in [6.07, 6.45) is -0.0000765. The van der Waals surface area contributed by atoms with E-state index in [1.165, 1.54) is 7.11 Å². The van der Waals surface area contributed by atoms with Crippen molar-refractivity contribution in [3.8, 4) is 5.75 Å². The van der Waals surface area contributed by atoms with E-state index in [4.69, 9.17) is 33.7 Å². The molecule has 0 aromatic heterocycles. The molecule has 0 aliphatic heterocycles. The van der Waals surface area contributed by atoms with Crippen molar-refractivity contribution in [1.82, 2.24) is 5.32 Å². The van der Waals surface area contributed by atoms with Crippen LogP contribution in [0.25, 0.3) is 0 Å². The third-order valence-corrected chi connectivity index (χ3v) is 4.82. The highest BCUT2D eigenvalue weighted by molar-refractivity contribution is 6.38. The summed E-state index contributed by atoms with van der Waals surface area (Å²) in [4.78, 5) is 11.1. The fourth-order valence-electron chi connectivity index (χ4n) is 2.58. The van der Waals surface area contributed by atoms with Crippen LogP contribution in [0.2, 0.25) is 10.0 Å². The molecule has 0 saturated carbocycles. The number of benzene rings is 2. The molecule has 0 saturated heterocycles. The number of esters is 1. The predicted molar refractivity (Wildman–Crippen MR) is 111 cm³/mol. The number of nitrogen functional groups attached to an aromatic ring is 1. The zero-order chi connectivity index (χ0) is 20.7. The average Bonchev–Trinajstić information content (AvgIpc) is 2.69. The molecule has 0 spiro atoms. The third-order valence-electron chi connectivity index (χ3n) is 4.20. The van der Waals surface area contributed by atoms with E-state index in [1.54, 1.807) is 24.3 Å². The standard InChI is InChI=1S/C20H24Cl2N2O4/c1-12(7-13-3-5-15(6-4-13)28-11-19(26)27-2)24-10-18(25)14-8-16(21)20(23)17(22)9-14/h3-6,8-9,12,18,24-25H,7,10-11,23H2,1-2H3. The first-order valence-corrected chi connectivity index (χ1v) is 9.50. The molecule has 0 radical (unpaired) electrons. The monoisotopic (exact) mass is 426 g/mol. The molecule has 2 unspecified atom stereocenters. The van der Waals surface area contributed by atoms with Crippen LogP contribution in [0.4, 0.5) is 5.69 Å². The molecule has 0 aliphatic rings. The van der Waals surface area contributed by atoms with Gasteiger partial charge in [0.15, 0.2) is 6.61 Å². The molecule has 0 aliphatic carbocycles. The minimum atomic E-state index is -0.757. The van der Waals surface area contributed by atoms with E-state index in [0.717, 1.165) is 12.0 Å². The van der Waals surface area contributed by atoms with Crippen molar-refractivity contribution in [2.24, 2.45) is 0 Å². The normalized spacial score (nSPS) is 13.0. The average molecular weight is 427 g/mol. The van der Waals surface area contributed by atoms with Crippen molar-refractivity contribution >= 4 is 34.9 Å². The largest absolute Gasteiger partial charge is 0.482 e. The van der Waals surface area contributed by atoms with Gasteiger partial charge in [-0.25, -0.2) is 4.79 Å². The molecule has 2 rings (SSSR count). The van der Waals surface area contributed by atoms with Crippen LogP contribution in [0.3, 0.4) is 0 Å². The number of carbonyl (C=O) groups excluding carboxylic acids is 1. The van der Waals surface area contributed by atoms with Gasteiger partial charge in [0.1, 0.15) is 5.75 Å². The van der Waals surface area contributed by atoms with Gasteiger partial charge in [-0.15, -0.1) is 0 Å². The summed E-state index contributed by atoms with van der Waals surface area (Å²) in [5.41, 5.74) is 7.73. The number of halogens is 2. The Kier molecular flexibility index (Phi) is 8.38. The molecular weight excluding hydrogens is 403 g/mol. The summed E-state index contributed by atoms with van der Waals surface area (Å²) in [6.45, 7) is 2.25. The number of aliphatic hydroxyl groups is 1. The maximum absolute atomic E-state index is 11.1. The molecule has 0 amide bonds. The highest BCUT2D eigenvalue weighted by atomic mass is 35.5. The van der Waals surface area contributed by atoms with Crippen LogP contribution < -0.4 is 15.8 Å². The van der Waals surface area contributed by atoms with E-state index in [1.807, 2.05) is 19.1 Å². The van der Waals surface area contributed by atoms with E-state index in [2.05, 4.69) is 10.1 Å². The molecule has 6 nitrogen and oxygen atoms in total. The van der Waals surface area contributed by atoms with Gasteiger partial charge in [0, 0.05) is 12.6 Å². The van der Waals surface area contributed by atoms with Crippen molar-refractivity contribution in [2.45, 2.75) is 25.5 Å². The van der Waals surface area contributed by atoms with Gasteiger partial charge in [-0.05, 0) is 48.7 Å². The molecule has 0 heterocycles. The molecule has 4 N–H and O–H groups in total. The van der Waals surface area contributed by atoms with Gasteiger partial charge in [-0.2, -0.15) is 0 Å². The quantitative estimate of drug-likeness (QED) is 0.420. The van der Waals surface area contributed by atoms with Gasteiger partial charge in [0.2, 0.25) is 0 Å².